The van der Waals surface area contributed by atoms with E-state index in [0.717, 1.165) is 35.0 Å². The van der Waals surface area contributed by atoms with Crippen LogP contribution in [0.3, 0.4) is 0 Å². The van der Waals surface area contributed by atoms with Gasteiger partial charge in [0.2, 0.25) is 0 Å². The van der Waals surface area contributed by atoms with Crippen molar-refractivity contribution >= 4 is 31.7 Å². The van der Waals surface area contributed by atoms with Gasteiger partial charge in [0.15, 0.2) is 0 Å². The Morgan fingerprint density at radius 1 is 1.13 bits per heavy atom. The Hall–Kier alpha value is -1.19. The van der Waals surface area contributed by atoms with Crippen LogP contribution in [0, 0.1) is 0 Å². The lowest BCUT2D eigenvalue weighted by atomic mass is 9.79. The van der Waals surface area contributed by atoms with Gasteiger partial charge in [-0.25, -0.2) is 4.98 Å². The molecule has 2 aromatic rings. The fourth-order valence-electron chi connectivity index (χ4n) is 3.38. The van der Waals surface area contributed by atoms with Crippen molar-refractivity contribution in [3.05, 3.63) is 24.0 Å². The molecule has 1 aliphatic heterocycles. The van der Waals surface area contributed by atoms with Crippen LogP contribution in [0.1, 0.15) is 46.5 Å². The van der Waals surface area contributed by atoms with E-state index in [1.807, 2.05) is 6.92 Å². The van der Waals surface area contributed by atoms with Gasteiger partial charge in [-0.15, -0.1) is 0 Å². The Bertz CT molecular complexity index is 875. The first-order valence-corrected chi connectivity index (χ1v) is 14.5. The molecule has 0 aliphatic carbocycles. The van der Waals surface area contributed by atoms with Gasteiger partial charge in [-0.1, -0.05) is 25.7 Å². The van der Waals surface area contributed by atoms with Crippen LogP contribution in [0.25, 0.3) is 11.0 Å². The summed E-state index contributed by atoms with van der Waals surface area (Å²) >= 11 is 0. The molecule has 166 valence electrons. The zero-order chi connectivity index (χ0) is 22.3. The SMILES string of the molecule is CO[C@@H](C)c1nc2cc(B3OC(C)(C)C(C)(C)O3)ccc2n1COCC[Si](C)(C)C. The molecule has 1 aliphatic rings. The Morgan fingerprint density at radius 2 is 1.77 bits per heavy atom. The molecule has 6 nitrogen and oxygen atoms in total. The predicted molar refractivity (Wildman–Crippen MR) is 125 cm³/mol. The maximum Gasteiger partial charge on any atom is 0.494 e. The molecule has 0 spiro atoms. The molecular weight excluding hydrogens is 395 g/mol. The number of hydrogen-bond donors (Lipinski definition) is 0. The smallest absolute Gasteiger partial charge is 0.399 e. The third kappa shape index (κ3) is 4.83. The van der Waals surface area contributed by atoms with E-state index < -0.39 is 15.2 Å². The van der Waals surface area contributed by atoms with Gasteiger partial charge in [-0.05, 0) is 58.3 Å². The minimum absolute atomic E-state index is 0.127. The Labute approximate surface area is 182 Å². The first kappa shape index (κ1) is 23.5. The largest absolute Gasteiger partial charge is 0.494 e. The number of rotatable bonds is 8. The fraction of sp³-hybridized carbons (Fsp3) is 0.682. The molecule has 30 heavy (non-hydrogen) atoms. The summed E-state index contributed by atoms with van der Waals surface area (Å²) in [5.74, 6) is 0.867. The molecule has 3 rings (SSSR count). The third-order valence-electron chi connectivity index (χ3n) is 6.26. The molecule has 8 heteroatoms. The molecule has 0 bridgehead atoms. The highest BCUT2D eigenvalue weighted by atomic mass is 28.3. The van der Waals surface area contributed by atoms with Crippen LogP contribution in [0.5, 0.6) is 0 Å². The average Bonchev–Trinajstić information content (AvgIpc) is 3.10. The lowest BCUT2D eigenvalue weighted by Crippen LogP contribution is -2.41. The summed E-state index contributed by atoms with van der Waals surface area (Å²) in [6.07, 6.45) is -0.127. The van der Waals surface area contributed by atoms with Crippen molar-refractivity contribution in [2.75, 3.05) is 13.7 Å². The second kappa shape index (κ2) is 8.39. The van der Waals surface area contributed by atoms with Crippen molar-refractivity contribution in [1.82, 2.24) is 9.55 Å². The summed E-state index contributed by atoms with van der Waals surface area (Å²) in [5.41, 5.74) is 2.16. The van der Waals surface area contributed by atoms with E-state index >= 15 is 0 Å². The molecule has 0 amide bonds. The van der Waals surface area contributed by atoms with Gasteiger partial charge in [-0.2, -0.15) is 0 Å². The van der Waals surface area contributed by atoms with E-state index in [1.165, 1.54) is 0 Å². The van der Waals surface area contributed by atoms with Gasteiger partial charge in [0.05, 0.1) is 22.2 Å². The summed E-state index contributed by atoms with van der Waals surface area (Å²) in [6.45, 7) is 18.6. The zero-order valence-electron chi connectivity index (χ0n) is 20.0. The second-order valence-electron chi connectivity index (χ2n) is 10.5. The molecule has 1 fully saturated rings. The maximum absolute atomic E-state index is 6.21. The minimum atomic E-state index is -1.12. The highest BCUT2D eigenvalue weighted by Crippen LogP contribution is 2.36. The van der Waals surface area contributed by atoms with Crippen molar-refractivity contribution in [3.63, 3.8) is 0 Å². The van der Waals surface area contributed by atoms with E-state index in [1.54, 1.807) is 7.11 Å². The monoisotopic (exact) mass is 432 g/mol. The molecule has 1 aromatic heterocycles. The molecule has 0 radical (unpaired) electrons. The number of nitrogens with zero attached hydrogens (tertiary/aromatic N) is 2. The number of benzene rings is 1. The van der Waals surface area contributed by atoms with Crippen LogP contribution >= 0.6 is 0 Å². The fourth-order valence-corrected chi connectivity index (χ4v) is 4.13. The molecule has 0 unspecified atom stereocenters. The van der Waals surface area contributed by atoms with Gasteiger partial charge in [0.1, 0.15) is 18.7 Å². The first-order chi connectivity index (χ1) is 13.8. The van der Waals surface area contributed by atoms with E-state index in [9.17, 15) is 0 Å². The number of methoxy groups -OCH3 is 1. The van der Waals surface area contributed by atoms with Crippen LogP contribution in [-0.2, 0) is 25.5 Å². The average molecular weight is 432 g/mol. The van der Waals surface area contributed by atoms with Crippen molar-refractivity contribution < 1.29 is 18.8 Å². The summed E-state index contributed by atoms with van der Waals surface area (Å²) < 4.78 is 26.1. The topological polar surface area (TPSA) is 54.7 Å². The lowest BCUT2D eigenvalue weighted by Gasteiger charge is -2.32. The van der Waals surface area contributed by atoms with E-state index in [2.05, 4.69) is 70.1 Å². The van der Waals surface area contributed by atoms with Gasteiger partial charge in [-0.3, -0.25) is 0 Å². The van der Waals surface area contributed by atoms with Crippen LogP contribution in [0.4, 0.5) is 0 Å². The molecule has 1 atom stereocenters. The van der Waals surface area contributed by atoms with Crippen LogP contribution in [0.15, 0.2) is 18.2 Å². The number of fused-ring (bicyclic) bond motifs is 1. The van der Waals surface area contributed by atoms with Gasteiger partial charge >= 0.3 is 7.12 Å². The van der Waals surface area contributed by atoms with Crippen LogP contribution in [-0.4, -0.2) is 49.7 Å². The minimum Gasteiger partial charge on any atom is -0.399 e. The highest BCUT2D eigenvalue weighted by Gasteiger charge is 2.51. The number of aromatic nitrogens is 2. The Balaban J connectivity index is 1.87. The Kier molecular flexibility index (Phi) is 6.57. The molecule has 0 saturated carbocycles. The van der Waals surface area contributed by atoms with E-state index in [4.69, 9.17) is 23.8 Å². The van der Waals surface area contributed by atoms with Crippen LogP contribution in [0.2, 0.25) is 25.7 Å². The lowest BCUT2D eigenvalue weighted by molar-refractivity contribution is 0.00578. The zero-order valence-corrected chi connectivity index (χ0v) is 21.0. The van der Waals surface area contributed by atoms with Gasteiger partial charge in [0, 0.05) is 21.8 Å². The summed E-state index contributed by atoms with van der Waals surface area (Å²) in [5, 5.41) is 0. The maximum atomic E-state index is 6.21. The number of hydrogen-bond acceptors (Lipinski definition) is 5. The molecule has 1 saturated heterocycles. The summed E-state index contributed by atoms with van der Waals surface area (Å²) in [7, 11) is 0.179. The second-order valence-corrected chi connectivity index (χ2v) is 16.1. The quantitative estimate of drug-likeness (QED) is 0.459. The van der Waals surface area contributed by atoms with Crippen molar-refractivity contribution in [1.29, 1.82) is 0 Å². The Morgan fingerprint density at radius 3 is 2.33 bits per heavy atom. The summed E-state index contributed by atoms with van der Waals surface area (Å²) in [4.78, 5) is 4.87. The summed E-state index contributed by atoms with van der Waals surface area (Å²) in [6, 6.07) is 7.34. The highest BCUT2D eigenvalue weighted by molar-refractivity contribution is 6.76. The predicted octanol–water partition coefficient (Wildman–Crippen LogP) is 4.36. The van der Waals surface area contributed by atoms with Gasteiger partial charge < -0.3 is 23.3 Å². The van der Waals surface area contributed by atoms with Crippen LogP contribution < -0.4 is 5.46 Å². The number of ether oxygens (including phenoxy) is 2. The van der Waals surface area contributed by atoms with Crippen molar-refractivity contribution in [2.24, 2.45) is 0 Å². The first-order valence-electron chi connectivity index (χ1n) is 10.8. The van der Waals surface area contributed by atoms with Crippen molar-refractivity contribution in [2.45, 2.75) is 84.3 Å². The van der Waals surface area contributed by atoms with E-state index in [0.29, 0.717) is 6.73 Å². The molecular formula is C22H37BN2O4Si. The normalized spacial score (nSPS) is 19.6. The number of imidazole rings is 1. The van der Waals surface area contributed by atoms with E-state index in [-0.39, 0.29) is 17.3 Å². The molecule has 1 aromatic carbocycles. The standard InChI is InChI=1S/C22H37BN2O4Si/c1-16(26-6)20-24-18-14-17(23-28-21(2,3)22(4,5)29-23)10-11-19(18)25(20)15-27-12-13-30(7,8)9/h10-11,14,16H,12-13,15H2,1-9H3/t16-/m0/s1. The molecule has 0 N–H and O–H groups in total. The van der Waals surface area contributed by atoms with Crippen molar-refractivity contribution in [3.8, 4) is 0 Å². The van der Waals surface area contributed by atoms with Gasteiger partial charge in [0.25, 0.3) is 0 Å². The third-order valence-corrected chi connectivity index (χ3v) is 7.97. The molecule has 2 heterocycles.